The zero-order chi connectivity index (χ0) is 28.9. The lowest BCUT2D eigenvalue weighted by Gasteiger charge is -2.28. The minimum absolute atomic E-state index is 0.181. The summed E-state index contributed by atoms with van der Waals surface area (Å²) in [5, 5.41) is 3.31. The number of imidazole rings is 1. The average molecular weight is 561 g/mol. The van der Waals surface area contributed by atoms with Crippen molar-refractivity contribution in [2.75, 3.05) is 33.3 Å². The van der Waals surface area contributed by atoms with Gasteiger partial charge in [0.05, 0.1) is 25.0 Å². The largest absolute Gasteiger partial charge is 0.495 e. The number of aromatic nitrogens is 2. The summed E-state index contributed by atoms with van der Waals surface area (Å²) in [5.41, 5.74) is 2.71. The van der Waals surface area contributed by atoms with Crippen LogP contribution in [0.2, 0.25) is 0 Å². The molecule has 1 N–H and O–H groups in total. The SMILES string of the molecule is COc1ccccc1-n1c(-c2ccccc2)c(C(=O)N2CCNCC2)n(Cc2cccc(Oc3ccccc3)c2)c1=O. The van der Waals surface area contributed by atoms with Gasteiger partial charge in [-0.25, -0.2) is 4.79 Å². The van der Waals surface area contributed by atoms with Gasteiger partial charge in [-0.1, -0.05) is 72.8 Å². The van der Waals surface area contributed by atoms with Crippen molar-refractivity contribution in [3.05, 3.63) is 131 Å². The second-order valence-electron chi connectivity index (χ2n) is 10.0. The molecule has 0 aliphatic carbocycles. The van der Waals surface area contributed by atoms with E-state index in [2.05, 4.69) is 5.32 Å². The number of ether oxygens (including phenoxy) is 2. The zero-order valence-corrected chi connectivity index (χ0v) is 23.4. The van der Waals surface area contributed by atoms with E-state index in [0.717, 1.165) is 16.9 Å². The van der Waals surface area contributed by atoms with E-state index in [1.807, 2.05) is 114 Å². The topological polar surface area (TPSA) is 77.7 Å². The lowest BCUT2D eigenvalue weighted by atomic mass is 10.1. The molecule has 4 aromatic carbocycles. The van der Waals surface area contributed by atoms with Crippen LogP contribution in [-0.2, 0) is 6.54 Å². The summed E-state index contributed by atoms with van der Waals surface area (Å²) in [6.45, 7) is 2.69. The van der Waals surface area contributed by atoms with Crippen LogP contribution in [0.15, 0.2) is 114 Å². The zero-order valence-electron chi connectivity index (χ0n) is 23.4. The molecule has 212 valence electrons. The quantitative estimate of drug-likeness (QED) is 0.282. The van der Waals surface area contributed by atoms with Crippen LogP contribution in [0, 0.1) is 0 Å². The number of hydrogen-bond donors (Lipinski definition) is 1. The molecule has 2 heterocycles. The van der Waals surface area contributed by atoms with E-state index in [-0.39, 0.29) is 18.1 Å². The minimum Gasteiger partial charge on any atom is -0.495 e. The monoisotopic (exact) mass is 560 g/mol. The summed E-state index contributed by atoms with van der Waals surface area (Å²) in [6.07, 6.45) is 0. The van der Waals surface area contributed by atoms with Gasteiger partial charge in [-0.2, -0.15) is 0 Å². The van der Waals surface area contributed by atoms with E-state index in [0.29, 0.717) is 54.8 Å². The van der Waals surface area contributed by atoms with E-state index < -0.39 is 0 Å². The van der Waals surface area contributed by atoms with Gasteiger partial charge in [-0.15, -0.1) is 0 Å². The number of methoxy groups -OCH3 is 1. The highest BCUT2D eigenvalue weighted by atomic mass is 16.5. The van der Waals surface area contributed by atoms with Crippen molar-refractivity contribution >= 4 is 5.91 Å². The number of carbonyl (C=O) groups is 1. The van der Waals surface area contributed by atoms with E-state index in [1.54, 1.807) is 16.2 Å². The number of hydrogen-bond acceptors (Lipinski definition) is 5. The number of amides is 1. The molecule has 1 aromatic heterocycles. The first-order valence-corrected chi connectivity index (χ1v) is 14.0. The lowest BCUT2D eigenvalue weighted by Crippen LogP contribution is -2.47. The highest BCUT2D eigenvalue weighted by Gasteiger charge is 2.31. The predicted octanol–water partition coefficient (Wildman–Crippen LogP) is 5.20. The van der Waals surface area contributed by atoms with E-state index in [9.17, 15) is 9.59 Å². The van der Waals surface area contributed by atoms with Crippen molar-refractivity contribution in [1.29, 1.82) is 0 Å². The Morgan fingerprint density at radius 3 is 2.21 bits per heavy atom. The second kappa shape index (κ2) is 12.2. The maximum atomic E-state index is 14.5. The first-order chi connectivity index (χ1) is 20.6. The normalized spacial score (nSPS) is 13.1. The fourth-order valence-corrected chi connectivity index (χ4v) is 5.34. The van der Waals surface area contributed by atoms with E-state index >= 15 is 0 Å². The molecular weight excluding hydrogens is 528 g/mol. The summed E-state index contributed by atoms with van der Waals surface area (Å²) >= 11 is 0. The van der Waals surface area contributed by atoms with Crippen molar-refractivity contribution < 1.29 is 14.3 Å². The Bertz CT molecular complexity index is 1740. The maximum Gasteiger partial charge on any atom is 0.334 e. The van der Waals surface area contributed by atoms with Gasteiger partial charge in [0.25, 0.3) is 5.91 Å². The summed E-state index contributed by atoms with van der Waals surface area (Å²) in [5.74, 6) is 1.72. The van der Waals surface area contributed by atoms with Gasteiger partial charge in [-0.3, -0.25) is 13.9 Å². The molecule has 1 saturated heterocycles. The summed E-state index contributed by atoms with van der Waals surface area (Å²) in [6, 6.07) is 34.1. The Labute approximate surface area is 244 Å². The number of carbonyl (C=O) groups excluding carboxylic acids is 1. The fourth-order valence-electron chi connectivity index (χ4n) is 5.34. The molecule has 0 atom stereocenters. The number of nitrogens with one attached hydrogen (secondary N) is 1. The fraction of sp³-hybridized carbons (Fsp3) is 0.176. The Balaban J connectivity index is 1.54. The van der Waals surface area contributed by atoms with E-state index in [4.69, 9.17) is 9.47 Å². The Kier molecular flexibility index (Phi) is 7.87. The van der Waals surface area contributed by atoms with Gasteiger partial charge in [0.1, 0.15) is 22.9 Å². The Morgan fingerprint density at radius 2 is 1.48 bits per heavy atom. The van der Waals surface area contributed by atoms with Gasteiger partial charge in [0.2, 0.25) is 0 Å². The van der Waals surface area contributed by atoms with Crippen LogP contribution in [0.1, 0.15) is 16.1 Å². The van der Waals surface area contributed by atoms with Crippen molar-refractivity contribution in [3.8, 4) is 34.2 Å². The Hall–Kier alpha value is -5.08. The molecule has 1 aliphatic rings. The third kappa shape index (κ3) is 5.44. The smallest absolute Gasteiger partial charge is 0.334 e. The van der Waals surface area contributed by atoms with Crippen molar-refractivity contribution in [1.82, 2.24) is 19.4 Å². The highest BCUT2D eigenvalue weighted by molar-refractivity contribution is 5.99. The Morgan fingerprint density at radius 1 is 0.810 bits per heavy atom. The van der Waals surface area contributed by atoms with Crippen LogP contribution >= 0.6 is 0 Å². The van der Waals surface area contributed by atoms with Crippen LogP contribution in [-0.4, -0.2) is 53.2 Å². The molecule has 8 nitrogen and oxygen atoms in total. The lowest BCUT2D eigenvalue weighted by molar-refractivity contribution is 0.0726. The predicted molar refractivity (Wildman–Crippen MR) is 163 cm³/mol. The molecule has 0 radical (unpaired) electrons. The third-order valence-electron chi connectivity index (χ3n) is 7.34. The third-order valence-corrected chi connectivity index (χ3v) is 7.34. The molecule has 42 heavy (non-hydrogen) atoms. The minimum atomic E-state index is -0.328. The molecule has 1 amide bonds. The molecule has 0 saturated carbocycles. The van der Waals surface area contributed by atoms with Gasteiger partial charge in [-0.05, 0) is 42.0 Å². The molecule has 6 rings (SSSR count). The number of nitrogens with zero attached hydrogens (tertiary/aromatic N) is 3. The van der Waals surface area contributed by atoms with Crippen LogP contribution in [0.4, 0.5) is 0 Å². The standard InChI is InChI=1S/C34H32N4O4/c1-41-30-18-9-8-17-29(30)38-31(26-12-4-2-5-13-26)32(33(39)36-21-19-35-20-22-36)37(34(38)40)24-25-11-10-16-28(23-25)42-27-14-6-3-7-15-27/h2-18,23,35H,19-22,24H2,1H3. The van der Waals surface area contributed by atoms with Crippen LogP contribution in [0.25, 0.3) is 16.9 Å². The van der Waals surface area contributed by atoms with Crippen molar-refractivity contribution in [3.63, 3.8) is 0 Å². The maximum absolute atomic E-state index is 14.5. The summed E-state index contributed by atoms with van der Waals surface area (Å²) in [4.78, 5) is 30.6. The number of rotatable bonds is 8. The second-order valence-corrected chi connectivity index (χ2v) is 10.0. The van der Waals surface area contributed by atoms with Crippen LogP contribution < -0.4 is 20.5 Å². The molecule has 0 spiro atoms. The molecule has 1 aliphatic heterocycles. The number of benzene rings is 4. The molecule has 0 unspecified atom stereocenters. The van der Waals surface area contributed by atoms with E-state index in [1.165, 1.54) is 0 Å². The van der Waals surface area contributed by atoms with Crippen LogP contribution in [0.5, 0.6) is 17.2 Å². The number of para-hydroxylation sites is 3. The molecule has 5 aromatic rings. The van der Waals surface area contributed by atoms with Gasteiger partial charge in [0.15, 0.2) is 0 Å². The van der Waals surface area contributed by atoms with Crippen molar-refractivity contribution in [2.45, 2.75) is 6.54 Å². The highest BCUT2D eigenvalue weighted by Crippen LogP contribution is 2.32. The van der Waals surface area contributed by atoms with Gasteiger partial charge < -0.3 is 19.7 Å². The molecule has 1 fully saturated rings. The van der Waals surface area contributed by atoms with Crippen LogP contribution in [0.3, 0.4) is 0 Å². The summed E-state index contributed by atoms with van der Waals surface area (Å²) < 4.78 is 14.9. The van der Waals surface area contributed by atoms with Crippen molar-refractivity contribution in [2.24, 2.45) is 0 Å². The van der Waals surface area contributed by atoms with Gasteiger partial charge >= 0.3 is 5.69 Å². The average Bonchev–Trinajstić information content (AvgIpc) is 3.33. The molecular formula is C34H32N4O4. The summed E-state index contributed by atoms with van der Waals surface area (Å²) in [7, 11) is 1.58. The molecule has 0 bridgehead atoms. The number of piperazine rings is 1. The van der Waals surface area contributed by atoms with Gasteiger partial charge in [0, 0.05) is 31.7 Å². The first kappa shape index (κ1) is 27.1. The molecule has 8 heteroatoms. The first-order valence-electron chi connectivity index (χ1n) is 14.0.